The van der Waals surface area contributed by atoms with Crippen LogP contribution >= 0.6 is 0 Å². The number of nitrogens with zero attached hydrogens (tertiary/aromatic N) is 2. The molecule has 1 amide bonds. The number of hydrogen-bond acceptors (Lipinski definition) is 3. The van der Waals surface area contributed by atoms with Crippen molar-refractivity contribution in [2.24, 2.45) is 11.8 Å². The second kappa shape index (κ2) is 5.94. The van der Waals surface area contributed by atoms with E-state index in [1.165, 1.54) is 32.1 Å². The molecule has 1 aromatic heterocycles. The number of carbonyl (C=O) groups is 1. The summed E-state index contributed by atoms with van der Waals surface area (Å²) in [5.41, 5.74) is 0. The summed E-state index contributed by atoms with van der Waals surface area (Å²) >= 11 is 0. The summed E-state index contributed by atoms with van der Waals surface area (Å²) in [6.45, 7) is 2.72. The summed E-state index contributed by atoms with van der Waals surface area (Å²) < 4.78 is 0. The molecule has 2 aliphatic carbocycles. The van der Waals surface area contributed by atoms with Crippen LogP contribution in [-0.4, -0.2) is 21.1 Å². The summed E-state index contributed by atoms with van der Waals surface area (Å²) in [5.74, 6) is 3.46. The van der Waals surface area contributed by atoms with Crippen LogP contribution in [0.1, 0.15) is 69.4 Å². The molecular formula is C15H24N4O. The Morgan fingerprint density at radius 1 is 1.25 bits per heavy atom. The lowest BCUT2D eigenvalue weighted by Gasteiger charge is -2.26. The molecule has 0 aliphatic heterocycles. The van der Waals surface area contributed by atoms with Crippen molar-refractivity contribution in [3.63, 3.8) is 0 Å². The maximum atomic E-state index is 12.1. The van der Waals surface area contributed by atoms with Gasteiger partial charge in [-0.25, -0.2) is 4.98 Å². The van der Waals surface area contributed by atoms with E-state index in [0.717, 1.165) is 30.4 Å². The van der Waals surface area contributed by atoms with Crippen LogP contribution in [-0.2, 0) is 11.3 Å². The van der Waals surface area contributed by atoms with Crippen LogP contribution in [0.15, 0.2) is 0 Å². The summed E-state index contributed by atoms with van der Waals surface area (Å²) in [4.78, 5) is 16.6. The fraction of sp³-hybridized carbons (Fsp3) is 0.800. The van der Waals surface area contributed by atoms with E-state index in [1.807, 2.05) is 0 Å². The van der Waals surface area contributed by atoms with E-state index in [2.05, 4.69) is 27.4 Å². The van der Waals surface area contributed by atoms with Gasteiger partial charge in [0.1, 0.15) is 5.82 Å². The maximum absolute atomic E-state index is 12.1. The molecule has 0 aromatic carbocycles. The molecule has 0 spiro atoms. The standard InChI is InChI=1S/C15H24N4O/c1-2-10-3-5-12(6-4-10)15(20)16-9-13-17-14(19-18-13)11-7-8-11/h10-12H,2-9H2,1H3,(H,16,20)(H,17,18,19). The highest BCUT2D eigenvalue weighted by Crippen LogP contribution is 2.37. The third-order valence-electron chi connectivity index (χ3n) is 4.72. The predicted molar refractivity (Wildman–Crippen MR) is 75.9 cm³/mol. The van der Waals surface area contributed by atoms with Crippen molar-refractivity contribution in [1.29, 1.82) is 0 Å². The molecule has 110 valence electrons. The first-order chi connectivity index (χ1) is 9.76. The topological polar surface area (TPSA) is 70.7 Å². The van der Waals surface area contributed by atoms with Crippen molar-refractivity contribution in [3.8, 4) is 0 Å². The van der Waals surface area contributed by atoms with Crippen molar-refractivity contribution < 1.29 is 4.79 Å². The fourth-order valence-electron chi connectivity index (χ4n) is 3.06. The van der Waals surface area contributed by atoms with Crippen molar-refractivity contribution in [2.45, 2.75) is 64.3 Å². The van der Waals surface area contributed by atoms with Crippen LogP contribution in [0.2, 0.25) is 0 Å². The first-order valence-electron chi connectivity index (χ1n) is 7.95. The van der Waals surface area contributed by atoms with Gasteiger partial charge in [0.25, 0.3) is 0 Å². The monoisotopic (exact) mass is 276 g/mol. The second-order valence-corrected chi connectivity index (χ2v) is 6.26. The van der Waals surface area contributed by atoms with Crippen LogP contribution in [0.25, 0.3) is 0 Å². The van der Waals surface area contributed by atoms with Gasteiger partial charge in [-0.2, -0.15) is 5.10 Å². The van der Waals surface area contributed by atoms with Crippen molar-refractivity contribution in [2.75, 3.05) is 0 Å². The van der Waals surface area contributed by atoms with E-state index in [1.54, 1.807) is 0 Å². The zero-order valence-corrected chi connectivity index (χ0v) is 12.2. The molecule has 20 heavy (non-hydrogen) atoms. The Bertz CT molecular complexity index is 458. The zero-order chi connectivity index (χ0) is 13.9. The first kappa shape index (κ1) is 13.6. The molecule has 2 aliphatic rings. The minimum absolute atomic E-state index is 0.184. The van der Waals surface area contributed by atoms with Crippen LogP contribution in [0.4, 0.5) is 0 Å². The van der Waals surface area contributed by atoms with E-state index in [4.69, 9.17) is 0 Å². The number of aromatic nitrogens is 3. The van der Waals surface area contributed by atoms with Crippen LogP contribution < -0.4 is 5.32 Å². The molecule has 0 unspecified atom stereocenters. The number of H-pyrrole nitrogens is 1. The molecular weight excluding hydrogens is 252 g/mol. The third-order valence-corrected chi connectivity index (χ3v) is 4.72. The zero-order valence-electron chi connectivity index (χ0n) is 12.2. The van der Waals surface area contributed by atoms with Gasteiger partial charge in [-0.1, -0.05) is 13.3 Å². The molecule has 2 saturated carbocycles. The van der Waals surface area contributed by atoms with Gasteiger partial charge in [0, 0.05) is 11.8 Å². The van der Waals surface area contributed by atoms with Crippen molar-refractivity contribution in [1.82, 2.24) is 20.5 Å². The molecule has 5 heteroatoms. The normalized spacial score (nSPS) is 26.4. The Morgan fingerprint density at radius 2 is 2.00 bits per heavy atom. The van der Waals surface area contributed by atoms with Gasteiger partial charge in [0.2, 0.25) is 5.91 Å². The average Bonchev–Trinajstić information content (AvgIpc) is 3.24. The smallest absolute Gasteiger partial charge is 0.223 e. The highest BCUT2D eigenvalue weighted by atomic mass is 16.1. The van der Waals surface area contributed by atoms with Crippen molar-refractivity contribution >= 4 is 5.91 Å². The maximum Gasteiger partial charge on any atom is 0.223 e. The number of carbonyl (C=O) groups excluding carboxylic acids is 1. The molecule has 2 N–H and O–H groups in total. The van der Waals surface area contributed by atoms with Gasteiger partial charge in [0.15, 0.2) is 5.82 Å². The van der Waals surface area contributed by atoms with Gasteiger partial charge in [-0.15, -0.1) is 0 Å². The Hall–Kier alpha value is -1.39. The first-order valence-corrected chi connectivity index (χ1v) is 7.95. The molecule has 0 bridgehead atoms. The Labute approximate surface area is 119 Å². The van der Waals surface area contributed by atoms with Gasteiger partial charge >= 0.3 is 0 Å². The summed E-state index contributed by atoms with van der Waals surface area (Å²) in [6, 6.07) is 0. The third kappa shape index (κ3) is 3.19. The number of aromatic amines is 1. The van der Waals surface area contributed by atoms with Gasteiger partial charge in [0.05, 0.1) is 6.54 Å². The number of rotatable bonds is 5. The summed E-state index contributed by atoms with van der Waals surface area (Å²) in [7, 11) is 0. The minimum atomic E-state index is 0.184. The molecule has 5 nitrogen and oxygen atoms in total. The van der Waals surface area contributed by atoms with Crippen LogP contribution in [0.3, 0.4) is 0 Å². The number of nitrogens with one attached hydrogen (secondary N) is 2. The number of amides is 1. The average molecular weight is 276 g/mol. The van der Waals surface area contributed by atoms with E-state index in [-0.39, 0.29) is 11.8 Å². The Morgan fingerprint density at radius 3 is 2.65 bits per heavy atom. The summed E-state index contributed by atoms with van der Waals surface area (Å²) in [6.07, 6.45) is 8.11. The van der Waals surface area contributed by atoms with E-state index >= 15 is 0 Å². The Balaban J connectivity index is 1.44. The number of hydrogen-bond donors (Lipinski definition) is 2. The quantitative estimate of drug-likeness (QED) is 0.868. The van der Waals surface area contributed by atoms with Gasteiger partial charge in [-0.05, 0) is 44.4 Å². The molecule has 0 radical (unpaired) electrons. The van der Waals surface area contributed by atoms with Crippen LogP contribution in [0, 0.1) is 11.8 Å². The minimum Gasteiger partial charge on any atom is -0.349 e. The molecule has 3 rings (SSSR count). The molecule has 0 atom stereocenters. The molecule has 2 fully saturated rings. The molecule has 0 saturated heterocycles. The molecule has 1 aromatic rings. The highest BCUT2D eigenvalue weighted by Gasteiger charge is 2.28. The predicted octanol–water partition coefficient (Wildman–Crippen LogP) is 2.51. The van der Waals surface area contributed by atoms with E-state index < -0.39 is 0 Å². The van der Waals surface area contributed by atoms with E-state index in [0.29, 0.717) is 12.5 Å². The largest absolute Gasteiger partial charge is 0.349 e. The lowest BCUT2D eigenvalue weighted by atomic mass is 9.80. The SMILES string of the molecule is CCC1CCC(C(=O)NCc2nc(C3CC3)n[nH]2)CC1. The Kier molecular flexibility index (Phi) is 4.03. The lowest BCUT2D eigenvalue weighted by Crippen LogP contribution is -2.33. The second-order valence-electron chi connectivity index (χ2n) is 6.26. The van der Waals surface area contributed by atoms with E-state index in [9.17, 15) is 4.79 Å². The van der Waals surface area contributed by atoms with Gasteiger partial charge in [-0.3, -0.25) is 9.89 Å². The van der Waals surface area contributed by atoms with Crippen LogP contribution in [0.5, 0.6) is 0 Å². The highest BCUT2D eigenvalue weighted by molar-refractivity contribution is 5.78. The lowest BCUT2D eigenvalue weighted by molar-refractivity contribution is -0.126. The van der Waals surface area contributed by atoms with Gasteiger partial charge < -0.3 is 5.32 Å². The van der Waals surface area contributed by atoms with Crippen molar-refractivity contribution in [3.05, 3.63) is 11.6 Å². The summed E-state index contributed by atoms with van der Waals surface area (Å²) in [5, 5.41) is 10.1. The fourth-order valence-corrected chi connectivity index (χ4v) is 3.06. The molecule has 1 heterocycles.